The number of H-pyrrole nitrogens is 3. The van der Waals surface area contributed by atoms with Gasteiger partial charge in [0.15, 0.2) is 5.75 Å². The molecule has 5 N–H and O–H groups in total. The normalized spacial score (nSPS) is 11.5. The summed E-state index contributed by atoms with van der Waals surface area (Å²) in [5.41, 5.74) is 4.20. The number of hydrogen-bond acceptors (Lipinski definition) is 9. The quantitative estimate of drug-likeness (QED) is 0.102. The maximum absolute atomic E-state index is 12.8. The fourth-order valence-electron chi connectivity index (χ4n) is 4.41. The molecule has 0 fully saturated rings. The number of nitrogens with zero attached hydrogens (tertiary/aromatic N) is 4. The van der Waals surface area contributed by atoms with E-state index in [2.05, 4.69) is 52.0 Å². The Hall–Kier alpha value is -5.07. The Kier molecular flexibility index (Phi) is 9.39. The lowest BCUT2D eigenvalue weighted by molar-refractivity contribution is -0.274. The highest BCUT2D eigenvalue weighted by Crippen LogP contribution is 2.32. The van der Waals surface area contributed by atoms with Crippen LogP contribution in [0.5, 0.6) is 17.2 Å². The van der Waals surface area contributed by atoms with Crippen molar-refractivity contribution in [2.45, 2.75) is 25.7 Å². The van der Waals surface area contributed by atoms with E-state index in [9.17, 15) is 18.4 Å². The molecule has 0 saturated carbocycles. The van der Waals surface area contributed by atoms with Gasteiger partial charge in [-0.1, -0.05) is 0 Å². The molecule has 2 aromatic carbocycles. The van der Waals surface area contributed by atoms with Gasteiger partial charge in [-0.3, -0.25) is 15.3 Å². The summed E-state index contributed by atoms with van der Waals surface area (Å²) in [7, 11) is 0. The lowest BCUT2D eigenvalue weighted by atomic mass is 10.0. The lowest BCUT2D eigenvalue weighted by Gasteiger charge is -2.13. The molecule has 0 amide bonds. The highest BCUT2D eigenvalue weighted by molar-refractivity contribution is 5.95. The van der Waals surface area contributed by atoms with Crippen LogP contribution in [-0.2, 0) is 11.3 Å². The van der Waals surface area contributed by atoms with E-state index in [1.54, 1.807) is 18.5 Å². The maximum Gasteiger partial charge on any atom is 0.573 e. The number of rotatable bonds is 15. The Morgan fingerprint density at radius 3 is 2.56 bits per heavy atom. The van der Waals surface area contributed by atoms with Gasteiger partial charge in [-0.2, -0.15) is 20.6 Å². The predicted molar refractivity (Wildman–Crippen MR) is 150 cm³/mol. The number of nitriles is 1. The van der Waals surface area contributed by atoms with Gasteiger partial charge < -0.3 is 24.8 Å². The highest BCUT2D eigenvalue weighted by Gasteiger charge is 2.31. The number of aromatic amines is 3. The number of nitrogens with one attached hydrogen (secondary N) is 5. The van der Waals surface area contributed by atoms with E-state index in [4.69, 9.17) is 9.47 Å². The fourth-order valence-corrected chi connectivity index (χ4v) is 4.41. The minimum Gasteiger partial charge on any atom is -0.454 e. The van der Waals surface area contributed by atoms with Crippen molar-refractivity contribution in [2.24, 2.45) is 0 Å². The highest BCUT2D eigenvalue weighted by atomic mass is 19.4. The number of anilines is 1. The molecule has 15 heteroatoms. The van der Waals surface area contributed by atoms with Crippen LogP contribution < -0.4 is 20.1 Å². The van der Waals surface area contributed by atoms with Gasteiger partial charge in [-0.05, 0) is 54.8 Å². The van der Waals surface area contributed by atoms with Gasteiger partial charge in [-0.25, -0.2) is 0 Å². The molecule has 43 heavy (non-hydrogen) atoms. The van der Waals surface area contributed by atoms with Crippen molar-refractivity contribution in [2.75, 3.05) is 31.6 Å². The molecule has 0 atom stereocenters. The third-order valence-electron chi connectivity index (χ3n) is 6.29. The summed E-state index contributed by atoms with van der Waals surface area (Å²) in [6.07, 6.45) is 3.06. The monoisotopic (exact) mass is 595 g/mol. The zero-order valence-electron chi connectivity index (χ0n) is 22.8. The van der Waals surface area contributed by atoms with E-state index in [-0.39, 0.29) is 11.5 Å². The third kappa shape index (κ3) is 8.24. The van der Waals surface area contributed by atoms with Crippen molar-refractivity contribution in [1.82, 2.24) is 35.9 Å². The number of unbranched alkanes of at least 4 members (excludes halogenated alkanes) is 1. The minimum atomic E-state index is -4.81. The molecule has 224 valence electrons. The smallest absolute Gasteiger partial charge is 0.454 e. The Bertz CT molecular complexity index is 1660. The van der Waals surface area contributed by atoms with E-state index in [1.165, 1.54) is 24.5 Å². The zero-order chi connectivity index (χ0) is 30.1. The van der Waals surface area contributed by atoms with E-state index in [0.717, 1.165) is 35.0 Å². The topological polar surface area (TPSA) is 162 Å². The number of fused-ring (bicyclic) bond motifs is 1. The summed E-state index contributed by atoms with van der Waals surface area (Å²) in [6, 6.07) is 10.1. The largest absolute Gasteiger partial charge is 0.573 e. The molecule has 5 aromatic rings. The van der Waals surface area contributed by atoms with Crippen LogP contribution in [-0.4, -0.2) is 63.3 Å². The molecule has 0 aliphatic heterocycles. The van der Waals surface area contributed by atoms with Crippen LogP contribution in [0.4, 0.5) is 18.9 Å². The summed E-state index contributed by atoms with van der Waals surface area (Å²) >= 11 is 0. The van der Waals surface area contributed by atoms with Crippen LogP contribution in [0, 0.1) is 11.3 Å². The molecule has 0 unspecified atom stereocenters. The minimum absolute atomic E-state index is 0.204. The van der Waals surface area contributed by atoms with Crippen LogP contribution in [0.25, 0.3) is 22.0 Å². The summed E-state index contributed by atoms with van der Waals surface area (Å²) in [5, 5.41) is 36.9. The molecule has 3 heterocycles. The van der Waals surface area contributed by atoms with Gasteiger partial charge in [0.1, 0.15) is 23.3 Å². The van der Waals surface area contributed by atoms with Gasteiger partial charge in [0.25, 0.3) is 0 Å². The van der Waals surface area contributed by atoms with Crippen molar-refractivity contribution in [1.29, 1.82) is 5.26 Å². The number of aromatic nitrogens is 6. The van der Waals surface area contributed by atoms with Gasteiger partial charge in [-0.15, -0.1) is 13.2 Å². The molecule has 5 rings (SSSR count). The average molecular weight is 596 g/mol. The fraction of sp³-hybridized carbons (Fsp3) is 0.286. The molecule has 0 aliphatic carbocycles. The Morgan fingerprint density at radius 1 is 0.884 bits per heavy atom. The van der Waals surface area contributed by atoms with Gasteiger partial charge >= 0.3 is 6.36 Å². The molecule has 0 bridgehead atoms. The van der Waals surface area contributed by atoms with E-state index in [0.29, 0.717) is 55.4 Å². The first-order chi connectivity index (χ1) is 20.9. The van der Waals surface area contributed by atoms with Crippen LogP contribution in [0.2, 0.25) is 0 Å². The summed E-state index contributed by atoms with van der Waals surface area (Å²) in [6.45, 7) is 2.59. The predicted octanol–water partition coefficient (Wildman–Crippen LogP) is 5.24. The summed E-state index contributed by atoms with van der Waals surface area (Å²) < 4.78 is 53.8. The number of alkyl halides is 3. The Labute approximate surface area is 243 Å². The molecular weight excluding hydrogens is 567 g/mol. The Balaban J connectivity index is 1.03. The SMILES string of the molecule is N#Cc1[nH]ncc1-c1cc(NCCOCCCCNCc2cc(Oc3cn[nH]c3)cc(OC(F)(F)F)c2)c2cn[nH]c2c1. The van der Waals surface area contributed by atoms with Crippen molar-refractivity contribution in [3.8, 4) is 34.4 Å². The van der Waals surface area contributed by atoms with E-state index < -0.39 is 6.36 Å². The van der Waals surface area contributed by atoms with Gasteiger partial charge in [0.2, 0.25) is 0 Å². The molecular formula is C28H28F3N9O3. The molecule has 12 nitrogen and oxygen atoms in total. The molecule has 0 aliphatic rings. The zero-order valence-corrected chi connectivity index (χ0v) is 22.8. The molecule has 3 aromatic heterocycles. The first kappa shape index (κ1) is 29.4. The average Bonchev–Trinajstić information content (AvgIpc) is 3.75. The van der Waals surface area contributed by atoms with Crippen LogP contribution >= 0.6 is 0 Å². The first-order valence-electron chi connectivity index (χ1n) is 13.4. The molecule has 0 saturated heterocycles. The maximum atomic E-state index is 12.8. The number of halogens is 3. The second-order valence-electron chi connectivity index (χ2n) is 9.45. The molecule has 0 spiro atoms. The van der Waals surface area contributed by atoms with Crippen LogP contribution in [0.3, 0.4) is 0 Å². The van der Waals surface area contributed by atoms with Gasteiger partial charge in [0, 0.05) is 42.4 Å². The molecule has 0 radical (unpaired) electrons. The van der Waals surface area contributed by atoms with Crippen molar-refractivity contribution in [3.05, 3.63) is 66.4 Å². The third-order valence-corrected chi connectivity index (χ3v) is 6.29. The number of hydrogen-bond donors (Lipinski definition) is 5. The lowest BCUT2D eigenvalue weighted by Crippen LogP contribution is -2.18. The number of ether oxygens (including phenoxy) is 3. The van der Waals surface area contributed by atoms with E-state index in [1.807, 2.05) is 12.1 Å². The summed E-state index contributed by atoms with van der Waals surface area (Å²) in [4.78, 5) is 0. The van der Waals surface area contributed by atoms with Crippen LogP contribution in [0.1, 0.15) is 24.1 Å². The van der Waals surface area contributed by atoms with Crippen molar-refractivity contribution >= 4 is 16.6 Å². The van der Waals surface area contributed by atoms with Gasteiger partial charge in [0.05, 0.1) is 36.9 Å². The summed E-state index contributed by atoms with van der Waals surface area (Å²) in [5.74, 6) is 0.210. The number of benzene rings is 2. The van der Waals surface area contributed by atoms with Crippen molar-refractivity contribution in [3.63, 3.8) is 0 Å². The standard InChI is InChI=1S/C28H28F3N9O3/c29-28(30,31)43-21-8-18(7-20(11-21)42-22-14-35-36-15-22)13-33-3-1-2-5-41-6-4-34-25-9-19(10-26-24(25)17-38-39-26)23-16-37-40-27(23)12-32/h7-11,14-17,33-34H,1-6,13H2,(H,35,36)(H,37,40)(H,38,39). The Morgan fingerprint density at radius 2 is 1.74 bits per heavy atom. The van der Waals surface area contributed by atoms with Crippen LogP contribution in [0.15, 0.2) is 55.1 Å². The van der Waals surface area contributed by atoms with Crippen molar-refractivity contribution < 1.29 is 27.4 Å². The second-order valence-corrected chi connectivity index (χ2v) is 9.45. The first-order valence-corrected chi connectivity index (χ1v) is 13.4. The second kappa shape index (κ2) is 13.7. The van der Waals surface area contributed by atoms with E-state index >= 15 is 0 Å².